The Morgan fingerprint density at radius 1 is 1.11 bits per heavy atom. The fourth-order valence-electron chi connectivity index (χ4n) is 4.01. The number of aryl methyl sites for hydroxylation is 1. The molecule has 1 aromatic rings. The minimum absolute atomic E-state index is 0.704. The van der Waals surface area contributed by atoms with Crippen LogP contribution in [0.2, 0.25) is 5.02 Å². The van der Waals surface area contributed by atoms with Crippen molar-refractivity contribution in [3.8, 4) is 0 Å². The Morgan fingerprint density at radius 3 is 2.58 bits per heavy atom. The molecule has 1 aliphatic carbocycles. The molecule has 0 radical (unpaired) electrons. The van der Waals surface area contributed by atoms with Crippen LogP contribution in [0, 0.1) is 11.3 Å². The largest absolute Gasteiger partial charge is 0.317 e. The summed E-state index contributed by atoms with van der Waals surface area (Å²) in [5.41, 5.74) is 2.14. The van der Waals surface area contributed by atoms with Crippen LogP contribution in [0.4, 0.5) is 0 Å². The molecule has 1 heterocycles. The van der Waals surface area contributed by atoms with Gasteiger partial charge in [0.25, 0.3) is 0 Å². The lowest BCUT2D eigenvalue weighted by molar-refractivity contribution is 0.200. The Morgan fingerprint density at radius 2 is 1.84 bits per heavy atom. The monoisotopic (exact) mass is 277 g/mol. The van der Waals surface area contributed by atoms with Crippen molar-refractivity contribution in [3.05, 3.63) is 34.9 Å². The molecule has 1 aliphatic heterocycles. The lowest BCUT2D eigenvalue weighted by Crippen LogP contribution is -2.35. The zero-order valence-electron chi connectivity index (χ0n) is 11.6. The van der Waals surface area contributed by atoms with E-state index in [0.29, 0.717) is 5.41 Å². The fourth-order valence-corrected chi connectivity index (χ4v) is 4.13. The van der Waals surface area contributed by atoms with Crippen molar-refractivity contribution in [2.45, 2.75) is 44.9 Å². The van der Waals surface area contributed by atoms with Crippen molar-refractivity contribution in [1.82, 2.24) is 5.32 Å². The predicted octanol–water partition coefficient (Wildman–Crippen LogP) is 4.44. The van der Waals surface area contributed by atoms with E-state index in [-0.39, 0.29) is 0 Å². The molecule has 1 saturated heterocycles. The number of benzene rings is 1. The van der Waals surface area contributed by atoms with E-state index in [1.165, 1.54) is 63.6 Å². The average molecular weight is 278 g/mol. The second-order valence-electron chi connectivity index (χ2n) is 6.52. The van der Waals surface area contributed by atoms with Crippen molar-refractivity contribution >= 4 is 11.6 Å². The number of piperidine rings is 1. The molecule has 2 fully saturated rings. The van der Waals surface area contributed by atoms with Crippen LogP contribution in [0.1, 0.15) is 44.1 Å². The summed E-state index contributed by atoms with van der Waals surface area (Å²) in [6.45, 7) is 2.48. The molecule has 19 heavy (non-hydrogen) atoms. The molecular formula is C17H24ClN. The molecule has 1 aromatic carbocycles. The SMILES string of the molecule is Clc1ccc(CCC2CCC3(CCNCC3)C2)cc1. The first-order valence-electron chi connectivity index (χ1n) is 7.71. The van der Waals surface area contributed by atoms with Gasteiger partial charge >= 0.3 is 0 Å². The van der Waals surface area contributed by atoms with Crippen molar-refractivity contribution < 1.29 is 0 Å². The van der Waals surface area contributed by atoms with Gasteiger partial charge in [0.1, 0.15) is 0 Å². The van der Waals surface area contributed by atoms with Crippen LogP contribution in [0.25, 0.3) is 0 Å². The van der Waals surface area contributed by atoms with Crippen LogP contribution in [0.15, 0.2) is 24.3 Å². The number of nitrogens with one attached hydrogen (secondary N) is 1. The Bertz CT molecular complexity index is 406. The fraction of sp³-hybridized carbons (Fsp3) is 0.647. The van der Waals surface area contributed by atoms with Gasteiger partial charge < -0.3 is 5.32 Å². The molecule has 3 rings (SSSR count). The summed E-state index contributed by atoms with van der Waals surface area (Å²) in [5, 5.41) is 4.35. The van der Waals surface area contributed by atoms with Crippen molar-refractivity contribution in [2.75, 3.05) is 13.1 Å². The molecule has 2 heteroatoms. The Balaban J connectivity index is 1.50. The molecule has 1 spiro atoms. The van der Waals surface area contributed by atoms with E-state index in [4.69, 9.17) is 11.6 Å². The van der Waals surface area contributed by atoms with Crippen molar-refractivity contribution in [2.24, 2.45) is 11.3 Å². The van der Waals surface area contributed by atoms with Gasteiger partial charge in [0, 0.05) is 5.02 Å². The molecular weight excluding hydrogens is 254 g/mol. The first-order valence-corrected chi connectivity index (χ1v) is 8.09. The number of halogens is 1. The van der Waals surface area contributed by atoms with E-state index in [0.717, 1.165) is 10.9 Å². The maximum Gasteiger partial charge on any atom is 0.0406 e. The molecule has 0 amide bonds. The Kier molecular flexibility index (Phi) is 4.14. The smallest absolute Gasteiger partial charge is 0.0406 e. The number of hydrogen-bond acceptors (Lipinski definition) is 1. The normalized spacial score (nSPS) is 25.8. The second-order valence-corrected chi connectivity index (χ2v) is 6.96. The first kappa shape index (κ1) is 13.5. The van der Waals surface area contributed by atoms with Crippen molar-refractivity contribution in [1.29, 1.82) is 0 Å². The molecule has 2 aliphatic rings. The minimum Gasteiger partial charge on any atom is -0.317 e. The molecule has 1 saturated carbocycles. The van der Waals surface area contributed by atoms with E-state index in [1.54, 1.807) is 0 Å². The van der Waals surface area contributed by atoms with Gasteiger partial charge in [-0.15, -0.1) is 0 Å². The van der Waals surface area contributed by atoms with E-state index in [2.05, 4.69) is 17.4 Å². The topological polar surface area (TPSA) is 12.0 Å². The van der Waals surface area contributed by atoms with Gasteiger partial charge in [-0.05, 0) is 87.1 Å². The van der Waals surface area contributed by atoms with Crippen LogP contribution >= 0.6 is 11.6 Å². The van der Waals surface area contributed by atoms with E-state index in [9.17, 15) is 0 Å². The second kappa shape index (κ2) is 5.85. The number of rotatable bonds is 3. The molecule has 0 bridgehead atoms. The summed E-state index contributed by atoms with van der Waals surface area (Å²) in [7, 11) is 0. The third-order valence-corrected chi connectivity index (χ3v) is 5.48. The van der Waals surface area contributed by atoms with Gasteiger partial charge in [-0.3, -0.25) is 0 Å². The van der Waals surface area contributed by atoms with Crippen LogP contribution in [-0.4, -0.2) is 13.1 Å². The third kappa shape index (κ3) is 3.32. The van der Waals surface area contributed by atoms with Gasteiger partial charge in [0.05, 0.1) is 0 Å². The van der Waals surface area contributed by atoms with Crippen LogP contribution < -0.4 is 5.32 Å². The highest BCUT2D eigenvalue weighted by atomic mass is 35.5. The summed E-state index contributed by atoms with van der Waals surface area (Å²) in [6, 6.07) is 8.38. The lowest BCUT2D eigenvalue weighted by atomic mass is 9.76. The highest BCUT2D eigenvalue weighted by molar-refractivity contribution is 6.30. The van der Waals surface area contributed by atoms with Crippen LogP contribution in [0.5, 0.6) is 0 Å². The molecule has 1 atom stereocenters. The maximum absolute atomic E-state index is 5.93. The standard InChI is InChI=1S/C17H24ClN/c18-16-5-3-14(4-6-16)1-2-15-7-8-17(13-15)9-11-19-12-10-17/h3-6,15,19H,1-2,7-13H2. The van der Waals surface area contributed by atoms with E-state index < -0.39 is 0 Å². The molecule has 1 N–H and O–H groups in total. The zero-order valence-corrected chi connectivity index (χ0v) is 12.4. The summed E-state index contributed by atoms with van der Waals surface area (Å²) in [6.07, 6.45) is 9.79. The minimum atomic E-state index is 0.704. The summed E-state index contributed by atoms with van der Waals surface area (Å²) in [5.74, 6) is 0.953. The quantitative estimate of drug-likeness (QED) is 0.861. The summed E-state index contributed by atoms with van der Waals surface area (Å²) in [4.78, 5) is 0. The third-order valence-electron chi connectivity index (χ3n) is 5.22. The summed E-state index contributed by atoms with van der Waals surface area (Å²) >= 11 is 5.93. The zero-order chi connectivity index (χ0) is 13.1. The average Bonchev–Trinajstić information content (AvgIpc) is 2.82. The Hall–Kier alpha value is -0.530. The maximum atomic E-state index is 5.93. The first-order chi connectivity index (χ1) is 9.26. The predicted molar refractivity (Wildman–Crippen MR) is 81.7 cm³/mol. The van der Waals surface area contributed by atoms with Gasteiger partial charge in [-0.25, -0.2) is 0 Å². The van der Waals surface area contributed by atoms with Gasteiger partial charge in [0.2, 0.25) is 0 Å². The summed E-state index contributed by atoms with van der Waals surface area (Å²) < 4.78 is 0. The van der Waals surface area contributed by atoms with Crippen molar-refractivity contribution in [3.63, 3.8) is 0 Å². The molecule has 1 nitrogen and oxygen atoms in total. The van der Waals surface area contributed by atoms with Crippen LogP contribution in [0.3, 0.4) is 0 Å². The van der Waals surface area contributed by atoms with E-state index in [1.807, 2.05) is 12.1 Å². The van der Waals surface area contributed by atoms with Gasteiger partial charge in [0.15, 0.2) is 0 Å². The Labute approximate surface area is 121 Å². The highest BCUT2D eigenvalue weighted by Crippen LogP contribution is 2.48. The molecule has 104 valence electrons. The van der Waals surface area contributed by atoms with Gasteiger partial charge in [-0.1, -0.05) is 23.7 Å². The van der Waals surface area contributed by atoms with Gasteiger partial charge in [-0.2, -0.15) is 0 Å². The lowest BCUT2D eigenvalue weighted by Gasteiger charge is -2.34. The van der Waals surface area contributed by atoms with Crippen LogP contribution in [-0.2, 0) is 6.42 Å². The highest BCUT2D eigenvalue weighted by Gasteiger charge is 2.39. The van der Waals surface area contributed by atoms with E-state index >= 15 is 0 Å². The molecule has 1 unspecified atom stereocenters. The number of hydrogen-bond donors (Lipinski definition) is 1. The molecule has 0 aromatic heterocycles.